The van der Waals surface area contributed by atoms with E-state index < -0.39 is 0 Å². The van der Waals surface area contributed by atoms with Crippen molar-refractivity contribution in [3.05, 3.63) is 18.6 Å². The van der Waals surface area contributed by atoms with Crippen LogP contribution < -0.4 is 16.0 Å². The minimum Gasteiger partial charge on any atom is -0.367 e. The second-order valence-corrected chi connectivity index (χ2v) is 3.07. The van der Waals surface area contributed by atoms with Crippen molar-refractivity contribution < 1.29 is 0 Å². The molecule has 0 aliphatic carbocycles. The molecule has 0 aliphatic rings. The molecular formula is C11H16N6. The topological polar surface area (TPSA) is 74.2 Å². The number of hydrogen-bond acceptors (Lipinski definition) is 4. The Hall–Kier alpha value is -2.29. The number of nitrogens with one attached hydrogen (secondary N) is 3. The Morgan fingerprint density at radius 2 is 2.29 bits per heavy atom. The van der Waals surface area contributed by atoms with Gasteiger partial charge in [-0.15, -0.1) is 6.42 Å². The fourth-order valence-electron chi connectivity index (χ4n) is 1.12. The maximum atomic E-state index is 5.14. The summed E-state index contributed by atoms with van der Waals surface area (Å²) in [4.78, 5) is 12.1. The van der Waals surface area contributed by atoms with Gasteiger partial charge in [0.2, 0.25) is 0 Å². The first-order valence-corrected chi connectivity index (χ1v) is 5.24. The first-order valence-electron chi connectivity index (χ1n) is 5.24. The van der Waals surface area contributed by atoms with Crippen LogP contribution in [0.5, 0.6) is 0 Å². The molecule has 0 unspecified atom stereocenters. The Bertz CT molecular complexity index is 381. The van der Waals surface area contributed by atoms with E-state index in [1.54, 1.807) is 25.6 Å². The molecule has 0 aliphatic heterocycles. The highest BCUT2D eigenvalue weighted by molar-refractivity contribution is 5.79. The van der Waals surface area contributed by atoms with Crippen LogP contribution in [0.1, 0.15) is 0 Å². The molecule has 0 fully saturated rings. The normalized spacial score (nSPS) is 10.5. The molecule has 6 heteroatoms. The summed E-state index contributed by atoms with van der Waals surface area (Å²) in [7, 11) is 1.70. The molecule has 3 N–H and O–H groups in total. The predicted molar refractivity (Wildman–Crippen MR) is 68.7 cm³/mol. The largest absolute Gasteiger partial charge is 0.367 e. The third-order valence-corrected chi connectivity index (χ3v) is 1.87. The van der Waals surface area contributed by atoms with Gasteiger partial charge >= 0.3 is 0 Å². The molecule has 0 spiro atoms. The molecule has 1 aromatic rings. The number of anilines is 1. The molecule has 17 heavy (non-hydrogen) atoms. The van der Waals surface area contributed by atoms with Gasteiger partial charge in [0.1, 0.15) is 5.82 Å². The van der Waals surface area contributed by atoms with E-state index in [2.05, 4.69) is 36.8 Å². The molecule has 0 aromatic carbocycles. The van der Waals surface area contributed by atoms with E-state index >= 15 is 0 Å². The summed E-state index contributed by atoms with van der Waals surface area (Å²) in [6.45, 7) is 1.88. The average molecular weight is 232 g/mol. The van der Waals surface area contributed by atoms with Gasteiger partial charge in [0.15, 0.2) is 5.96 Å². The zero-order chi connectivity index (χ0) is 12.3. The highest BCUT2D eigenvalue weighted by Crippen LogP contribution is 1.94. The van der Waals surface area contributed by atoms with Crippen molar-refractivity contribution in [2.45, 2.75) is 0 Å². The summed E-state index contributed by atoms with van der Waals surface area (Å²) in [6, 6.07) is 0. The minimum absolute atomic E-state index is 0.456. The molecule has 0 saturated heterocycles. The highest BCUT2D eigenvalue weighted by Gasteiger charge is 1.95. The summed E-state index contributed by atoms with van der Waals surface area (Å²) in [5, 5.41) is 9.19. The average Bonchev–Trinajstić information content (AvgIpc) is 2.39. The van der Waals surface area contributed by atoms with E-state index in [4.69, 9.17) is 6.42 Å². The maximum absolute atomic E-state index is 5.14. The monoisotopic (exact) mass is 232 g/mol. The van der Waals surface area contributed by atoms with Gasteiger partial charge in [0.05, 0.1) is 12.7 Å². The summed E-state index contributed by atoms with van der Waals surface area (Å²) in [5.41, 5.74) is 0. The van der Waals surface area contributed by atoms with E-state index in [1.165, 1.54) is 0 Å². The number of terminal acetylenes is 1. The zero-order valence-electron chi connectivity index (χ0n) is 9.77. The molecule has 6 nitrogen and oxygen atoms in total. The van der Waals surface area contributed by atoms with Crippen molar-refractivity contribution in [2.75, 3.05) is 32.0 Å². The van der Waals surface area contributed by atoms with E-state index in [-0.39, 0.29) is 0 Å². The number of rotatable bonds is 5. The predicted octanol–water partition coefficient (Wildman–Crippen LogP) is -0.313. The van der Waals surface area contributed by atoms with Gasteiger partial charge in [-0.1, -0.05) is 5.92 Å². The van der Waals surface area contributed by atoms with Gasteiger partial charge < -0.3 is 16.0 Å². The summed E-state index contributed by atoms with van der Waals surface area (Å²) >= 11 is 0. The van der Waals surface area contributed by atoms with Crippen LogP contribution in [0.25, 0.3) is 0 Å². The van der Waals surface area contributed by atoms with Crippen LogP contribution in [0, 0.1) is 12.3 Å². The number of guanidine groups is 1. The van der Waals surface area contributed by atoms with Gasteiger partial charge in [-0.3, -0.25) is 9.98 Å². The van der Waals surface area contributed by atoms with Crippen LogP contribution >= 0.6 is 0 Å². The Labute approximate surface area is 101 Å². The quantitative estimate of drug-likeness (QED) is 0.281. The van der Waals surface area contributed by atoms with Gasteiger partial charge in [-0.2, -0.15) is 0 Å². The highest BCUT2D eigenvalue weighted by atomic mass is 15.2. The van der Waals surface area contributed by atoms with Crippen LogP contribution in [-0.2, 0) is 0 Å². The lowest BCUT2D eigenvalue weighted by molar-refractivity contribution is 0.849. The standard InChI is InChI=1S/C11H16N6/c1-3-4-16-11(12-2)17-8-7-15-10-9-13-5-6-14-10/h1,5-6,9H,4,7-8H2,2H3,(H,14,15)(H2,12,16,17). The van der Waals surface area contributed by atoms with Crippen molar-refractivity contribution in [3.63, 3.8) is 0 Å². The zero-order valence-corrected chi connectivity index (χ0v) is 9.77. The molecule has 0 bridgehead atoms. The van der Waals surface area contributed by atoms with Gasteiger partial charge in [-0.05, 0) is 0 Å². The minimum atomic E-state index is 0.456. The molecular weight excluding hydrogens is 216 g/mol. The van der Waals surface area contributed by atoms with Crippen LogP contribution in [0.4, 0.5) is 5.82 Å². The summed E-state index contributed by atoms with van der Waals surface area (Å²) in [5.74, 6) is 3.92. The van der Waals surface area contributed by atoms with Gasteiger partial charge in [-0.25, -0.2) is 4.98 Å². The van der Waals surface area contributed by atoms with E-state index in [1.807, 2.05) is 0 Å². The van der Waals surface area contributed by atoms with E-state index in [0.29, 0.717) is 19.0 Å². The molecule has 1 rings (SSSR count). The first-order chi connectivity index (χ1) is 8.36. The SMILES string of the molecule is C#CCNC(=NC)NCCNc1cnccn1. The molecule has 0 atom stereocenters. The van der Waals surface area contributed by atoms with Crippen molar-refractivity contribution in [3.8, 4) is 12.3 Å². The lowest BCUT2D eigenvalue weighted by atomic mass is 10.5. The fraction of sp³-hybridized carbons (Fsp3) is 0.364. The third kappa shape index (κ3) is 5.37. The lowest BCUT2D eigenvalue weighted by Gasteiger charge is -2.10. The van der Waals surface area contributed by atoms with Crippen LogP contribution in [0.3, 0.4) is 0 Å². The van der Waals surface area contributed by atoms with Gasteiger partial charge in [0, 0.05) is 32.5 Å². The number of hydrogen-bond donors (Lipinski definition) is 3. The maximum Gasteiger partial charge on any atom is 0.191 e. The van der Waals surface area contributed by atoms with Crippen LogP contribution in [-0.4, -0.2) is 42.6 Å². The third-order valence-electron chi connectivity index (χ3n) is 1.87. The smallest absolute Gasteiger partial charge is 0.191 e. The molecule has 1 heterocycles. The Kier molecular flexibility index (Phi) is 5.96. The van der Waals surface area contributed by atoms with Gasteiger partial charge in [0.25, 0.3) is 0 Å². The van der Waals surface area contributed by atoms with E-state index in [0.717, 1.165) is 12.4 Å². The first kappa shape index (κ1) is 12.8. The van der Waals surface area contributed by atoms with Crippen molar-refractivity contribution in [2.24, 2.45) is 4.99 Å². The molecule has 0 saturated carbocycles. The second-order valence-electron chi connectivity index (χ2n) is 3.07. The van der Waals surface area contributed by atoms with Crippen molar-refractivity contribution >= 4 is 11.8 Å². The molecule has 90 valence electrons. The molecule has 0 amide bonds. The Balaban J connectivity index is 2.17. The van der Waals surface area contributed by atoms with E-state index in [9.17, 15) is 0 Å². The van der Waals surface area contributed by atoms with Crippen LogP contribution in [0.2, 0.25) is 0 Å². The van der Waals surface area contributed by atoms with Crippen molar-refractivity contribution in [1.82, 2.24) is 20.6 Å². The summed E-state index contributed by atoms with van der Waals surface area (Å²) < 4.78 is 0. The fourth-order valence-corrected chi connectivity index (χ4v) is 1.12. The molecule has 0 radical (unpaired) electrons. The Morgan fingerprint density at radius 3 is 2.94 bits per heavy atom. The second kappa shape index (κ2) is 7.93. The number of aliphatic imine (C=N–C) groups is 1. The summed E-state index contributed by atoms with van der Waals surface area (Å²) in [6.07, 6.45) is 10.1. The molecule has 1 aromatic heterocycles. The Morgan fingerprint density at radius 1 is 1.41 bits per heavy atom. The number of aromatic nitrogens is 2. The lowest BCUT2D eigenvalue weighted by Crippen LogP contribution is -2.39. The number of nitrogens with zero attached hydrogens (tertiary/aromatic N) is 3. The van der Waals surface area contributed by atoms with Crippen molar-refractivity contribution in [1.29, 1.82) is 0 Å². The van der Waals surface area contributed by atoms with Crippen LogP contribution in [0.15, 0.2) is 23.6 Å².